The van der Waals surface area contributed by atoms with Crippen LogP contribution in [0.25, 0.3) is 0 Å². The molecule has 1 N–H and O–H groups in total. The molecule has 0 unspecified atom stereocenters. The lowest BCUT2D eigenvalue weighted by Gasteiger charge is -2.07. The summed E-state index contributed by atoms with van der Waals surface area (Å²) in [5.41, 5.74) is 5.59. The van der Waals surface area contributed by atoms with Crippen LogP contribution in [0.2, 0.25) is 0 Å². The normalized spacial score (nSPS) is 11.9. The molecular weight excluding hydrogens is 342 g/mol. The number of aliphatic imine (C=N–C) groups is 1. The second-order valence-corrected chi connectivity index (χ2v) is 5.63. The molecule has 0 amide bonds. The molecule has 3 rings (SSSR count). The maximum atomic E-state index is 11.0. The van der Waals surface area contributed by atoms with Gasteiger partial charge in [-0.1, -0.05) is 36.4 Å². The van der Waals surface area contributed by atoms with Crippen molar-refractivity contribution in [3.05, 3.63) is 100 Å². The zero-order valence-corrected chi connectivity index (χ0v) is 14.6. The van der Waals surface area contributed by atoms with Crippen LogP contribution in [-0.4, -0.2) is 21.5 Å². The Labute approximate surface area is 156 Å². The first kappa shape index (κ1) is 17.9. The Balaban J connectivity index is 1.90. The van der Waals surface area contributed by atoms with E-state index in [9.17, 15) is 10.1 Å². The number of rotatable bonds is 5. The summed E-state index contributed by atoms with van der Waals surface area (Å²) in [7, 11) is 0. The summed E-state index contributed by atoms with van der Waals surface area (Å²) < 4.78 is 0. The molecule has 0 saturated carbocycles. The molecule has 27 heavy (non-hydrogen) atoms. The van der Waals surface area contributed by atoms with E-state index in [0.717, 1.165) is 5.69 Å². The molecule has 0 spiro atoms. The van der Waals surface area contributed by atoms with Gasteiger partial charge >= 0.3 is 0 Å². The molecule has 0 bridgehead atoms. The Bertz CT molecular complexity index is 986. The number of non-ortho nitro benzene ring substituents is 1. The Hall–Kier alpha value is -3.87. The van der Waals surface area contributed by atoms with Crippen molar-refractivity contribution in [1.82, 2.24) is 10.4 Å². The molecule has 0 radical (unpaired) electrons. The number of pyridine rings is 1. The van der Waals surface area contributed by atoms with Crippen LogP contribution < -0.4 is 5.43 Å². The monoisotopic (exact) mass is 359 g/mol. The first-order valence-electron chi connectivity index (χ1n) is 8.24. The summed E-state index contributed by atoms with van der Waals surface area (Å²) in [6, 6.07) is 21.3. The number of hydrogen-bond acceptors (Lipinski definition) is 5. The molecule has 7 heteroatoms. The van der Waals surface area contributed by atoms with Crippen molar-refractivity contribution in [1.29, 1.82) is 0 Å². The summed E-state index contributed by atoms with van der Waals surface area (Å²) in [5, 5.41) is 15.3. The molecule has 2 aromatic carbocycles. The standard InChI is InChI=1S/C20H17N5O2/c1-15(16-8-7-11-18(14-16)25(26)27)23-24-20(19-12-5-6-13-21-19)22-17-9-3-2-4-10-17/h2-14H,1H3,(H,22,24)/b23-15+. The van der Waals surface area contributed by atoms with E-state index in [2.05, 4.69) is 20.5 Å². The predicted molar refractivity (Wildman–Crippen MR) is 105 cm³/mol. The van der Waals surface area contributed by atoms with E-state index in [4.69, 9.17) is 0 Å². The highest BCUT2D eigenvalue weighted by atomic mass is 16.6. The number of nitro groups is 1. The van der Waals surface area contributed by atoms with Crippen molar-refractivity contribution in [2.45, 2.75) is 6.92 Å². The fourth-order valence-corrected chi connectivity index (χ4v) is 2.32. The summed E-state index contributed by atoms with van der Waals surface area (Å²) in [5.74, 6) is 0.478. The smallest absolute Gasteiger partial charge is 0.259 e. The minimum absolute atomic E-state index is 0.0185. The lowest BCUT2D eigenvalue weighted by Crippen LogP contribution is -2.21. The van der Waals surface area contributed by atoms with Crippen molar-refractivity contribution in [3.63, 3.8) is 0 Å². The van der Waals surface area contributed by atoms with Gasteiger partial charge in [-0.2, -0.15) is 5.10 Å². The zero-order valence-electron chi connectivity index (χ0n) is 14.6. The van der Waals surface area contributed by atoms with Gasteiger partial charge in [-0.05, 0) is 31.2 Å². The summed E-state index contributed by atoms with van der Waals surface area (Å²) in [6.45, 7) is 1.77. The minimum atomic E-state index is -0.430. The summed E-state index contributed by atoms with van der Waals surface area (Å²) >= 11 is 0. The molecule has 0 aliphatic carbocycles. The lowest BCUT2D eigenvalue weighted by molar-refractivity contribution is -0.384. The third kappa shape index (κ3) is 4.82. The molecule has 0 fully saturated rings. The molecule has 0 saturated heterocycles. The Morgan fingerprint density at radius 3 is 2.52 bits per heavy atom. The van der Waals surface area contributed by atoms with Gasteiger partial charge in [0.2, 0.25) is 0 Å². The molecule has 7 nitrogen and oxygen atoms in total. The highest BCUT2D eigenvalue weighted by Gasteiger charge is 2.09. The summed E-state index contributed by atoms with van der Waals surface area (Å²) in [4.78, 5) is 19.4. The molecule has 0 atom stereocenters. The van der Waals surface area contributed by atoms with E-state index in [0.29, 0.717) is 22.8 Å². The SMILES string of the molecule is C/C(=N\NC(=Nc1ccccc1)c1ccccn1)c1cccc([N+](=O)[O-])c1. The molecule has 1 heterocycles. The quantitative estimate of drug-likeness (QED) is 0.321. The third-order valence-corrected chi connectivity index (χ3v) is 3.71. The molecular formula is C20H17N5O2. The second kappa shape index (κ2) is 8.48. The van der Waals surface area contributed by atoms with Gasteiger partial charge in [-0.3, -0.25) is 20.5 Å². The maximum Gasteiger partial charge on any atom is 0.270 e. The first-order valence-corrected chi connectivity index (χ1v) is 8.24. The fourth-order valence-electron chi connectivity index (χ4n) is 2.32. The van der Waals surface area contributed by atoms with Gasteiger partial charge in [-0.15, -0.1) is 0 Å². The number of aromatic nitrogens is 1. The fraction of sp³-hybridized carbons (Fsp3) is 0.0500. The highest BCUT2D eigenvalue weighted by Crippen LogP contribution is 2.14. The Kier molecular flexibility index (Phi) is 5.64. The number of nitrogens with one attached hydrogen (secondary N) is 1. The van der Waals surface area contributed by atoms with E-state index in [1.807, 2.05) is 48.5 Å². The van der Waals surface area contributed by atoms with Crippen LogP contribution in [0.5, 0.6) is 0 Å². The second-order valence-electron chi connectivity index (χ2n) is 5.63. The Morgan fingerprint density at radius 1 is 1.04 bits per heavy atom. The average molecular weight is 359 g/mol. The average Bonchev–Trinajstić information content (AvgIpc) is 2.72. The third-order valence-electron chi connectivity index (χ3n) is 3.71. The van der Waals surface area contributed by atoms with Crippen molar-refractivity contribution in [2.24, 2.45) is 10.1 Å². The van der Waals surface area contributed by atoms with Crippen molar-refractivity contribution < 1.29 is 4.92 Å². The van der Waals surface area contributed by atoms with Crippen molar-refractivity contribution in [3.8, 4) is 0 Å². The van der Waals surface area contributed by atoms with E-state index in [1.165, 1.54) is 12.1 Å². The van der Waals surface area contributed by atoms with Gasteiger partial charge in [0.05, 0.1) is 16.3 Å². The van der Waals surface area contributed by atoms with E-state index < -0.39 is 4.92 Å². The van der Waals surface area contributed by atoms with Crippen LogP contribution in [0.3, 0.4) is 0 Å². The van der Waals surface area contributed by atoms with Crippen LogP contribution >= 0.6 is 0 Å². The first-order chi connectivity index (χ1) is 13.1. The van der Waals surface area contributed by atoms with Crippen LogP contribution in [0.4, 0.5) is 11.4 Å². The number of benzene rings is 2. The molecule has 134 valence electrons. The predicted octanol–water partition coefficient (Wildman–Crippen LogP) is 4.08. The number of amidine groups is 1. The van der Waals surface area contributed by atoms with Crippen LogP contribution in [0, 0.1) is 10.1 Å². The van der Waals surface area contributed by atoms with Crippen molar-refractivity contribution >= 4 is 22.9 Å². The molecule has 1 aromatic heterocycles. The number of hydrazone groups is 1. The van der Waals surface area contributed by atoms with Crippen LogP contribution in [-0.2, 0) is 0 Å². The van der Waals surface area contributed by atoms with Gasteiger partial charge in [0, 0.05) is 23.9 Å². The number of nitro benzene ring substituents is 1. The van der Waals surface area contributed by atoms with Crippen LogP contribution in [0.1, 0.15) is 18.2 Å². The maximum absolute atomic E-state index is 11.0. The highest BCUT2D eigenvalue weighted by molar-refractivity contribution is 6.02. The molecule has 3 aromatic rings. The van der Waals surface area contributed by atoms with E-state index >= 15 is 0 Å². The van der Waals surface area contributed by atoms with Gasteiger partial charge in [0.25, 0.3) is 5.69 Å². The molecule has 0 aliphatic rings. The topological polar surface area (TPSA) is 92.8 Å². The number of para-hydroxylation sites is 1. The van der Waals surface area contributed by atoms with E-state index in [1.54, 1.807) is 25.3 Å². The van der Waals surface area contributed by atoms with Gasteiger partial charge < -0.3 is 0 Å². The van der Waals surface area contributed by atoms with E-state index in [-0.39, 0.29) is 5.69 Å². The molecule has 0 aliphatic heterocycles. The zero-order chi connectivity index (χ0) is 19.1. The van der Waals surface area contributed by atoms with Crippen LogP contribution in [0.15, 0.2) is 89.1 Å². The summed E-state index contributed by atoms with van der Waals surface area (Å²) in [6.07, 6.45) is 1.68. The lowest BCUT2D eigenvalue weighted by atomic mass is 10.1. The van der Waals surface area contributed by atoms with Gasteiger partial charge in [0.1, 0.15) is 5.69 Å². The van der Waals surface area contributed by atoms with Gasteiger partial charge in [0.15, 0.2) is 5.84 Å². The van der Waals surface area contributed by atoms with Crippen molar-refractivity contribution in [2.75, 3.05) is 0 Å². The number of hydrogen-bond donors (Lipinski definition) is 1. The number of nitrogens with zero attached hydrogens (tertiary/aromatic N) is 4. The minimum Gasteiger partial charge on any atom is -0.259 e. The van der Waals surface area contributed by atoms with Gasteiger partial charge in [-0.25, -0.2) is 4.99 Å². The largest absolute Gasteiger partial charge is 0.270 e. The Morgan fingerprint density at radius 2 is 1.81 bits per heavy atom.